The highest BCUT2D eigenvalue weighted by atomic mass is 32.2. The van der Waals surface area contributed by atoms with Crippen LogP contribution in [0.2, 0.25) is 0 Å². The molecule has 1 fully saturated rings. The molecule has 0 unspecified atom stereocenters. The van der Waals surface area contributed by atoms with Crippen LogP contribution in [0.4, 0.5) is 5.69 Å². The summed E-state index contributed by atoms with van der Waals surface area (Å²) in [7, 11) is 0. The van der Waals surface area contributed by atoms with Crippen molar-refractivity contribution in [3.05, 3.63) is 69.6 Å². The van der Waals surface area contributed by atoms with Gasteiger partial charge >= 0.3 is 5.97 Å². The van der Waals surface area contributed by atoms with Crippen LogP contribution >= 0.6 is 11.8 Å². The third kappa shape index (κ3) is 3.97. The molecule has 2 aromatic rings. The minimum absolute atomic E-state index is 0.101. The normalized spacial score (nSPS) is 17.1. The number of aliphatic imine (C=N–C) groups is 1. The first-order valence-corrected chi connectivity index (χ1v) is 8.44. The molecule has 1 amide bonds. The summed E-state index contributed by atoms with van der Waals surface area (Å²) in [5, 5.41) is 12.3. The Morgan fingerprint density at radius 3 is 2.48 bits per heavy atom. The second-order valence-corrected chi connectivity index (χ2v) is 6.75. The van der Waals surface area contributed by atoms with Crippen molar-refractivity contribution in [2.75, 3.05) is 0 Å². The molecular weight excluding hydrogens is 336 g/mol. The van der Waals surface area contributed by atoms with Gasteiger partial charge in [0.15, 0.2) is 5.17 Å². The summed E-state index contributed by atoms with van der Waals surface area (Å²) in [5.74, 6) is -1.29. The molecule has 2 N–H and O–H groups in total. The number of rotatable bonds is 3. The zero-order valence-corrected chi connectivity index (χ0v) is 14.6. The van der Waals surface area contributed by atoms with Crippen LogP contribution in [0.1, 0.15) is 27.0 Å². The highest BCUT2D eigenvalue weighted by Gasteiger charge is 2.24. The quantitative estimate of drug-likeness (QED) is 0.821. The van der Waals surface area contributed by atoms with E-state index in [2.05, 4.69) is 10.3 Å². The van der Waals surface area contributed by atoms with Gasteiger partial charge in [0.1, 0.15) is 0 Å². The van der Waals surface area contributed by atoms with Gasteiger partial charge in [-0.1, -0.05) is 35.9 Å². The van der Waals surface area contributed by atoms with Crippen molar-refractivity contribution in [3.63, 3.8) is 0 Å². The van der Waals surface area contributed by atoms with Gasteiger partial charge in [0.25, 0.3) is 5.91 Å². The SMILES string of the molecule is Cc1ccc(/C=C2\SC(=Nc3cc(C)ccc3C(=O)O)NC2=O)cc1. The molecule has 3 rings (SSSR count). The Kier molecular flexibility index (Phi) is 4.72. The maximum absolute atomic E-state index is 12.1. The third-order valence-corrected chi connectivity index (χ3v) is 4.54. The number of nitrogens with zero attached hydrogens (tertiary/aromatic N) is 1. The summed E-state index contributed by atoms with van der Waals surface area (Å²) in [6, 6.07) is 12.8. The van der Waals surface area contributed by atoms with Gasteiger partial charge in [0.2, 0.25) is 0 Å². The van der Waals surface area contributed by atoms with E-state index in [4.69, 9.17) is 0 Å². The van der Waals surface area contributed by atoms with Crippen molar-refractivity contribution in [2.45, 2.75) is 13.8 Å². The number of carbonyl (C=O) groups excluding carboxylic acids is 1. The maximum atomic E-state index is 12.1. The van der Waals surface area contributed by atoms with Gasteiger partial charge in [0, 0.05) is 0 Å². The van der Waals surface area contributed by atoms with Crippen LogP contribution in [-0.2, 0) is 4.79 Å². The van der Waals surface area contributed by atoms with Crippen LogP contribution in [0.5, 0.6) is 0 Å². The fourth-order valence-electron chi connectivity index (χ4n) is 2.32. The van der Waals surface area contributed by atoms with Crippen LogP contribution in [-0.4, -0.2) is 22.2 Å². The molecule has 0 radical (unpaired) electrons. The molecule has 5 nitrogen and oxygen atoms in total. The summed E-state index contributed by atoms with van der Waals surface area (Å²) in [5.41, 5.74) is 3.39. The minimum Gasteiger partial charge on any atom is -0.478 e. The van der Waals surface area contributed by atoms with Crippen molar-refractivity contribution >= 4 is 40.6 Å². The Bertz CT molecular complexity index is 915. The third-order valence-electron chi connectivity index (χ3n) is 3.63. The van der Waals surface area contributed by atoms with E-state index in [1.807, 2.05) is 38.1 Å². The topological polar surface area (TPSA) is 78.8 Å². The first-order chi connectivity index (χ1) is 11.9. The van der Waals surface area contributed by atoms with E-state index in [1.165, 1.54) is 17.8 Å². The first kappa shape index (κ1) is 17.0. The molecule has 1 heterocycles. The largest absolute Gasteiger partial charge is 0.478 e. The van der Waals surface area contributed by atoms with E-state index < -0.39 is 5.97 Å². The second-order valence-electron chi connectivity index (χ2n) is 5.72. The van der Waals surface area contributed by atoms with Gasteiger partial charge in [-0.25, -0.2) is 9.79 Å². The van der Waals surface area contributed by atoms with Gasteiger partial charge in [-0.3, -0.25) is 4.79 Å². The van der Waals surface area contributed by atoms with Crippen molar-refractivity contribution in [3.8, 4) is 0 Å². The van der Waals surface area contributed by atoms with Crippen LogP contribution in [0, 0.1) is 13.8 Å². The van der Waals surface area contributed by atoms with E-state index in [-0.39, 0.29) is 11.5 Å². The molecule has 0 atom stereocenters. The van der Waals surface area contributed by atoms with Crippen LogP contribution < -0.4 is 5.32 Å². The molecule has 0 spiro atoms. The van der Waals surface area contributed by atoms with Crippen LogP contribution in [0.15, 0.2) is 52.4 Å². The number of aryl methyl sites for hydroxylation is 2. The van der Waals surface area contributed by atoms with Gasteiger partial charge in [-0.15, -0.1) is 0 Å². The molecule has 25 heavy (non-hydrogen) atoms. The number of carboxylic acids is 1. The fraction of sp³-hybridized carbons (Fsp3) is 0.105. The molecule has 1 aliphatic heterocycles. The summed E-state index contributed by atoms with van der Waals surface area (Å²) in [6.07, 6.45) is 1.79. The summed E-state index contributed by atoms with van der Waals surface area (Å²) in [4.78, 5) is 28.3. The Hall–Kier alpha value is -2.86. The van der Waals surface area contributed by atoms with Crippen molar-refractivity contribution in [1.29, 1.82) is 0 Å². The van der Waals surface area contributed by atoms with E-state index in [9.17, 15) is 14.7 Å². The number of hydrogen-bond donors (Lipinski definition) is 2. The zero-order chi connectivity index (χ0) is 18.0. The molecule has 1 aliphatic rings. The maximum Gasteiger partial charge on any atom is 0.337 e. The number of nitrogens with one attached hydrogen (secondary N) is 1. The number of carboxylic acid groups (broad SMARTS) is 1. The molecule has 0 aliphatic carbocycles. The van der Waals surface area contributed by atoms with Crippen molar-refractivity contribution in [2.24, 2.45) is 4.99 Å². The smallest absolute Gasteiger partial charge is 0.337 e. The van der Waals surface area contributed by atoms with Gasteiger partial charge in [0.05, 0.1) is 16.2 Å². The highest BCUT2D eigenvalue weighted by molar-refractivity contribution is 8.18. The number of aromatic carboxylic acids is 1. The average Bonchev–Trinajstić information content (AvgIpc) is 2.89. The van der Waals surface area contributed by atoms with Gasteiger partial charge < -0.3 is 10.4 Å². The lowest BCUT2D eigenvalue weighted by Crippen LogP contribution is -2.19. The van der Waals surface area contributed by atoms with Gasteiger partial charge in [-0.2, -0.15) is 0 Å². The summed E-state index contributed by atoms with van der Waals surface area (Å²) >= 11 is 1.20. The van der Waals surface area contributed by atoms with Gasteiger partial charge in [-0.05, 0) is 54.9 Å². The number of amidine groups is 1. The lowest BCUT2D eigenvalue weighted by atomic mass is 10.1. The second kappa shape index (κ2) is 6.94. The molecule has 126 valence electrons. The molecular formula is C19H16N2O3S. The van der Waals surface area contributed by atoms with Crippen LogP contribution in [0.25, 0.3) is 6.08 Å². The highest BCUT2D eigenvalue weighted by Crippen LogP contribution is 2.29. The Balaban J connectivity index is 1.90. The fourth-order valence-corrected chi connectivity index (χ4v) is 3.15. The predicted molar refractivity (Wildman–Crippen MR) is 100 cm³/mol. The number of hydrogen-bond acceptors (Lipinski definition) is 4. The molecule has 6 heteroatoms. The predicted octanol–water partition coefficient (Wildman–Crippen LogP) is 3.89. The Morgan fingerprint density at radius 2 is 1.80 bits per heavy atom. The van der Waals surface area contributed by atoms with Crippen molar-refractivity contribution in [1.82, 2.24) is 5.32 Å². The Labute approximate surface area is 149 Å². The van der Waals surface area contributed by atoms with E-state index >= 15 is 0 Å². The van der Waals surface area contributed by atoms with E-state index in [0.29, 0.717) is 15.8 Å². The lowest BCUT2D eigenvalue weighted by Gasteiger charge is -2.03. The van der Waals surface area contributed by atoms with E-state index in [1.54, 1.807) is 18.2 Å². The zero-order valence-electron chi connectivity index (χ0n) is 13.7. The molecule has 0 bridgehead atoms. The first-order valence-electron chi connectivity index (χ1n) is 7.62. The lowest BCUT2D eigenvalue weighted by molar-refractivity contribution is -0.115. The van der Waals surface area contributed by atoms with Crippen LogP contribution in [0.3, 0.4) is 0 Å². The molecule has 0 aromatic heterocycles. The molecule has 0 saturated carbocycles. The molecule has 1 saturated heterocycles. The minimum atomic E-state index is -1.05. The average molecular weight is 352 g/mol. The van der Waals surface area contributed by atoms with E-state index in [0.717, 1.165) is 16.7 Å². The number of carbonyl (C=O) groups is 2. The molecule has 2 aromatic carbocycles. The van der Waals surface area contributed by atoms with Crippen molar-refractivity contribution < 1.29 is 14.7 Å². The number of benzene rings is 2. The number of amides is 1. The number of thioether (sulfide) groups is 1. The summed E-state index contributed by atoms with van der Waals surface area (Å²) < 4.78 is 0. The monoisotopic (exact) mass is 352 g/mol. The standard InChI is InChI=1S/C19H16N2O3S/c1-11-3-6-13(7-4-11)10-16-17(22)21-19(25-16)20-15-9-12(2)5-8-14(15)18(23)24/h3-10H,1-2H3,(H,23,24)(H,20,21,22)/b16-10-. The Morgan fingerprint density at radius 1 is 1.12 bits per heavy atom. The summed E-state index contributed by atoms with van der Waals surface area (Å²) in [6.45, 7) is 3.86.